The Bertz CT molecular complexity index is 272. The van der Waals surface area contributed by atoms with Crippen LogP contribution in [0.4, 0.5) is 0 Å². The standard InChI is InChI=1S/C12H19N/c1-12(2,3)11-7-6-10(8-11)9-13(4)5/h6-9H,1-5H3/b10-9+. The molecule has 1 aliphatic rings. The van der Waals surface area contributed by atoms with Crippen LogP contribution >= 0.6 is 0 Å². The molecule has 0 aromatic carbocycles. The van der Waals surface area contributed by atoms with Crippen LogP contribution in [0.1, 0.15) is 20.8 Å². The zero-order chi connectivity index (χ0) is 10.1. The van der Waals surface area contributed by atoms with Crippen molar-refractivity contribution in [3.63, 3.8) is 0 Å². The van der Waals surface area contributed by atoms with Crippen molar-refractivity contribution in [1.29, 1.82) is 0 Å². The van der Waals surface area contributed by atoms with E-state index in [4.69, 9.17) is 0 Å². The summed E-state index contributed by atoms with van der Waals surface area (Å²) in [6.45, 7) is 6.71. The van der Waals surface area contributed by atoms with Gasteiger partial charge in [0.05, 0.1) is 0 Å². The summed E-state index contributed by atoms with van der Waals surface area (Å²) in [7, 11) is 4.09. The Morgan fingerprint density at radius 3 is 2.15 bits per heavy atom. The highest BCUT2D eigenvalue weighted by molar-refractivity contribution is 5.47. The Kier molecular flexibility index (Phi) is 2.65. The lowest BCUT2D eigenvalue weighted by Gasteiger charge is -2.18. The summed E-state index contributed by atoms with van der Waals surface area (Å²) >= 11 is 0. The van der Waals surface area contributed by atoms with Crippen LogP contribution < -0.4 is 0 Å². The Morgan fingerprint density at radius 1 is 1.15 bits per heavy atom. The second-order valence-electron chi connectivity index (χ2n) is 4.78. The molecule has 1 heteroatoms. The predicted molar refractivity (Wildman–Crippen MR) is 58.4 cm³/mol. The van der Waals surface area contributed by atoms with Gasteiger partial charge in [-0.3, -0.25) is 0 Å². The molecule has 13 heavy (non-hydrogen) atoms. The van der Waals surface area contributed by atoms with Crippen LogP contribution in [0.25, 0.3) is 0 Å². The first kappa shape index (κ1) is 10.1. The number of nitrogens with zero attached hydrogens (tertiary/aromatic N) is 1. The minimum absolute atomic E-state index is 0.262. The average Bonchev–Trinajstić information content (AvgIpc) is 2.32. The summed E-state index contributed by atoms with van der Waals surface area (Å²) in [4.78, 5) is 2.07. The molecule has 0 aromatic rings. The fourth-order valence-electron chi connectivity index (χ4n) is 1.31. The van der Waals surface area contributed by atoms with E-state index in [9.17, 15) is 0 Å². The van der Waals surface area contributed by atoms with Crippen LogP contribution in [0.3, 0.4) is 0 Å². The van der Waals surface area contributed by atoms with Crippen molar-refractivity contribution < 1.29 is 0 Å². The Balaban J connectivity index is 2.83. The molecule has 0 amide bonds. The van der Waals surface area contributed by atoms with E-state index in [1.54, 1.807) is 0 Å². The Labute approximate surface area is 81.4 Å². The maximum atomic E-state index is 2.25. The first-order valence-corrected chi connectivity index (χ1v) is 4.68. The third kappa shape index (κ3) is 2.76. The van der Waals surface area contributed by atoms with Gasteiger partial charge in [-0.05, 0) is 22.6 Å². The van der Waals surface area contributed by atoms with E-state index in [2.05, 4.69) is 50.1 Å². The van der Waals surface area contributed by atoms with Gasteiger partial charge in [-0.15, -0.1) is 0 Å². The fraction of sp³-hybridized carbons (Fsp3) is 0.500. The zero-order valence-electron chi connectivity index (χ0n) is 9.26. The molecule has 0 N–H and O–H groups in total. The molecule has 0 spiro atoms. The summed E-state index contributed by atoms with van der Waals surface area (Å²) in [6, 6.07) is 0. The molecule has 0 unspecified atom stereocenters. The first-order chi connectivity index (χ1) is 5.89. The predicted octanol–water partition coefficient (Wildman–Crippen LogP) is 2.97. The largest absolute Gasteiger partial charge is 0.383 e. The summed E-state index contributed by atoms with van der Waals surface area (Å²) in [5.74, 6) is 0. The fourth-order valence-corrected chi connectivity index (χ4v) is 1.31. The van der Waals surface area contributed by atoms with Crippen molar-refractivity contribution >= 4 is 0 Å². The van der Waals surface area contributed by atoms with Crippen LogP contribution in [-0.2, 0) is 0 Å². The summed E-state index contributed by atoms with van der Waals surface area (Å²) in [5, 5.41) is 0. The van der Waals surface area contributed by atoms with Crippen molar-refractivity contribution in [3.8, 4) is 0 Å². The number of allylic oxidation sites excluding steroid dienone is 5. The molecule has 0 saturated heterocycles. The molecule has 1 nitrogen and oxygen atoms in total. The van der Waals surface area contributed by atoms with Crippen LogP contribution in [0.5, 0.6) is 0 Å². The van der Waals surface area contributed by atoms with Crippen molar-refractivity contribution in [3.05, 3.63) is 35.6 Å². The van der Waals surface area contributed by atoms with Crippen molar-refractivity contribution in [2.24, 2.45) is 5.41 Å². The lowest BCUT2D eigenvalue weighted by Crippen LogP contribution is -2.06. The molecule has 1 aliphatic carbocycles. The Hall–Kier alpha value is -0.980. The molecule has 0 aromatic heterocycles. The molecule has 0 saturated carbocycles. The topological polar surface area (TPSA) is 3.24 Å². The molecule has 0 fully saturated rings. The summed E-state index contributed by atoms with van der Waals surface area (Å²) in [5.41, 5.74) is 2.95. The molecule has 72 valence electrons. The van der Waals surface area contributed by atoms with Crippen LogP contribution in [0.15, 0.2) is 35.6 Å². The highest BCUT2D eigenvalue weighted by Crippen LogP contribution is 2.31. The van der Waals surface area contributed by atoms with Gasteiger partial charge in [0.2, 0.25) is 0 Å². The van der Waals surface area contributed by atoms with Crippen molar-refractivity contribution in [2.45, 2.75) is 20.8 Å². The highest BCUT2D eigenvalue weighted by atomic mass is 15.0. The minimum Gasteiger partial charge on any atom is -0.383 e. The maximum absolute atomic E-state index is 2.25. The monoisotopic (exact) mass is 177 g/mol. The molecule has 0 aliphatic heterocycles. The molecule has 1 rings (SSSR count). The van der Waals surface area contributed by atoms with Gasteiger partial charge in [0, 0.05) is 20.3 Å². The third-order valence-electron chi connectivity index (χ3n) is 2.05. The Morgan fingerprint density at radius 2 is 1.77 bits per heavy atom. The van der Waals surface area contributed by atoms with Gasteiger partial charge in [0.25, 0.3) is 0 Å². The van der Waals surface area contributed by atoms with Gasteiger partial charge in [-0.25, -0.2) is 0 Å². The van der Waals surface area contributed by atoms with E-state index in [0.717, 1.165) is 0 Å². The van der Waals surface area contributed by atoms with Gasteiger partial charge in [0.1, 0.15) is 0 Å². The number of hydrogen-bond acceptors (Lipinski definition) is 1. The highest BCUT2D eigenvalue weighted by Gasteiger charge is 2.17. The van der Waals surface area contributed by atoms with Crippen LogP contribution in [-0.4, -0.2) is 19.0 Å². The smallest absolute Gasteiger partial charge is 0.00587 e. The van der Waals surface area contributed by atoms with E-state index in [1.807, 2.05) is 14.1 Å². The normalized spacial score (nSPS) is 19.5. The molecular weight excluding hydrogens is 158 g/mol. The number of hydrogen-bond donors (Lipinski definition) is 0. The van der Waals surface area contributed by atoms with Gasteiger partial charge in [0.15, 0.2) is 0 Å². The molecule has 0 bridgehead atoms. The lowest BCUT2D eigenvalue weighted by molar-refractivity contribution is 0.518. The number of rotatable bonds is 1. The summed E-state index contributed by atoms with van der Waals surface area (Å²) < 4.78 is 0. The zero-order valence-corrected chi connectivity index (χ0v) is 9.26. The quantitative estimate of drug-likeness (QED) is 0.595. The SMILES string of the molecule is CN(C)/C=C1\C=CC(C(C)(C)C)=C1. The second-order valence-corrected chi connectivity index (χ2v) is 4.78. The maximum Gasteiger partial charge on any atom is 0.00587 e. The van der Waals surface area contributed by atoms with E-state index in [0.29, 0.717) is 0 Å². The van der Waals surface area contributed by atoms with Gasteiger partial charge >= 0.3 is 0 Å². The lowest BCUT2D eigenvalue weighted by atomic mass is 9.87. The van der Waals surface area contributed by atoms with Crippen molar-refractivity contribution in [2.75, 3.05) is 14.1 Å². The first-order valence-electron chi connectivity index (χ1n) is 4.68. The van der Waals surface area contributed by atoms with E-state index in [1.165, 1.54) is 11.1 Å². The van der Waals surface area contributed by atoms with Gasteiger partial charge in [-0.2, -0.15) is 0 Å². The van der Waals surface area contributed by atoms with E-state index < -0.39 is 0 Å². The van der Waals surface area contributed by atoms with Crippen molar-refractivity contribution in [1.82, 2.24) is 4.90 Å². The van der Waals surface area contributed by atoms with Crippen LogP contribution in [0.2, 0.25) is 0 Å². The third-order valence-corrected chi connectivity index (χ3v) is 2.05. The second kappa shape index (κ2) is 3.41. The molecule has 0 atom stereocenters. The molecular formula is C12H19N. The minimum atomic E-state index is 0.262. The van der Waals surface area contributed by atoms with E-state index in [-0.39, 0.29) is 5.41 Å². The summed E-state index contributed by atoms with van der Waals surface area (Å²) in [6.07, 6.45) is 8.76. The van der Waals surface area contributed by atoms with Gasteiger partial charge in [-0.1, -0.05) is 32.9 Å². The molecule has 0 radical (unpaired) electrons. The van der Waals surface area contributed by atoms with E-state index >= 15 is 0 Å². The van der Waals surface area contributed by atoms with Crippen LogP contribution in [0, 0.1) is 5.41 Å². The van der Waals surface area contributed by atoms with Gasteiger partial charge < -0.3 is 4.90 Å². The average molecular weight is 177 g/mol. The molecule has 0 heterocycles.